The topological polar surface area (TPSA) is 50.2 Å². The lowest BCUT2D eigenvalue weighted by atomic mass is 10.1. The van der Waals surface area contributed by atoms with Crippen LogP contribution in [-0.2, 0) is 0 Å². The van der Waals surface area contributed by atoms with Gasteiger partial charge in [-0.25, -0.2) is 9.78 Å². The second-order valence-electron chi connectivity index (χ2n) is 3.51. The second-order valence-corrected chi connectivity index (χ2v) is 3.51. The molecule has 1 heterocycles. The standard InChI is InChI=1S/C10H11NO2/c1-6-4-9(10(12)13)11-5-8(6)7-2-3-7/h4-5,7H,2-3H2,1H3,(H,12,13). The Hall–Kier alpha value is -1.38. The Balaban J connectivity index is 2.36. The molecule has 0 unspecified atom stereocenters. The molecule has 3 nitrogen and oxygen atoms in total. The third kappa shape index (κ3) is 1.54. The fraction of sp³-hybridized carbons (Fsp3) is 0.400. The lowest BCUT2D eigenvalue weighted by molar-refractivity contribution is 0.0690. The quantitative estimate of drug-likeness (QED) is 0.751. The van der Waals surface area contributed by atoms with Crippen LogP contribution in [0.3, 0.4) is 0 Å². The molecule has 0 atom stereocenters. The molecule has 1 aliphatic rings. The van der Waals surface area contributed by atoms with Crippen LogP contribution in [0.25, 0.3) is 0 Å². The van der Waals surface area contributed by atoms with E-state index in [2.05, 4.69) is 4.98 Å². The number of carbonyl (C=O) groups is 1. The number of aromatic nitrogens is 1. The molecule has 1 saturated carbocycles. The summed E-state index contributed by atoms with van der Waals surface area (Å²) in [7, 11) is 0. The van der Waals surface area contributed by atoms with Crippen molar-refractivity contribution in [3.8, 4) is 0 Å². The van der Waals surface area contributed by atoms with E-state index in [-0.39, 0.29) is 5.69 Å². The Morgan fingerprint density at radius 3 is 2.77 bits per heavy atom. The van der Waals surface area contributed by atoms with Crippen molar-refractivity contribution in [2.75, 3.05) is 0 Å². The highest BCUT2D eigenvalue weighted by Crippen LogP contribution is 2.41. The highest BCUT2D eigenvalue weighted by molar-refractivity contribution is 5.85. The Labute approximate surface area is 76.4 Å². The molecule has 3 heteroatoms. The average Bonchev–Trinajstić information content (AvgIpc) is 2.87. The van der Waals surface area contributed by atoms with Crippen LogP contribution < -0.4 is 0 Å². The average molecular weight is 177 g/mol. The molecule has 1 aliphatic carbocycles. The summed E-state index contributed by atoms with van der Waals surface area (Å²) in [6.07, 6.45) is 4.14. The molecule has 68 valence electrons. The molecule has 1 N–H and O–H groups in total. The fourth-order valence-corrected chi connectivity index (χ4v) is 1.51. The highest BCUT2D eigenvalue weighted by Gasteiger charge is 2.25. The van der Waals surface area contributed by atoms with Crippen molar-refractivity contribution < 1.29 is 9.90 Å². The zero-order chi connectivity index (χ0) is 9.42. The molecule has 0 radical (unpaired) electrons. The Morgan fingerprint density at radius 1 is 1.62 bits per heavy atom. The van der Waals surface area contributed by atoms with Crippen molar-refractivity contribution in [1.29, 1.82) is 0 Å². The third-order valence-corrected chi connectivity index (χ3v) is 2.39. The second kappa shape index (κ2) is 2.83. The number of carboxylic acids is 1. The SMILES string of the molecule is Cc1cc(C(=O)O)ncc1C1CC1. The molecule has 0 aliphatic heterocycles. The summed E-state index contributed by atoms with van der Waals surface area (Å²) < 4.78 is 0. The van der Waals surface area contributed by atoms with Gasteiger partial charge in [-0.05, 0) is 42.9 Å². The highest BCUT2D eigenvalue weighted by atomic mass is 16.4. The number of pyridine rings is 1. The van der Waals surface area contributed by atoms with Crippen molar-refractivity contribution in [2.24, 2.45) is 0 Å². The predicted octanol–water partition coefficient (Wildman–Crippen LogP) is 1.97. The lowest BCUT2D eigenvalue weighted by Crippen LogP contribution is -2.01. The third-order valence-electron chi connectivity index (χ3n) is 2.39. The first kappa shape index (κ1) is 8.23. The van der Waals surface area contributed by atoms with E-state index in [1.807, 2.05) is 6.92 Å². The van der Waals surface area contributed by atoms with Gasteiger partial charge in [-0.2, -0.15) is 0 Å². The van der Waals surface area contributed by atoms with E-state index in [1.165, 1.54) is 18.4 Å². The predicted molar refractivity (Wildman–Crippen MR) is 47.9 cm³/mol. The van der Waals surface area contributed by atoms with E-state index < -0.39 is 5.97 Å². The van der Waals surface area contributed by atoms with Gasteiger partial charge < -0.3 is 5.11 Å². The molecule has 1 aromatic rings. The largest absolute Gasteiger partial charge is 0.477 e. The van der Waals surface area contributed by atoms with E-state index in [0.717, 1.165) is 5.56 Å². The van der Waals surface area contributed by atoms with Gasteiger partial charge in [0.2, 0.25) is 0 Å². The lowest BCUT2D eigenvalue weighted by Gasteiger charge is -2.03. The van der Waals surface area contributed by atoms with Gasteiger partial charge in [0.1, 0.15) is 5.69 Å². The van der Waals surface area contributed by atoms with Gasteiger partial charge in [0.05, 0.1) is 0 Å². The molecule has 0 bridgehead atoms. The molecule has 1 fully saturated rings. The summed E-state index contributed by atoms with van der Waals surface area (Å²) >= 11 is 0. The van der Waals surface area contributed by atoms with E-state index in [9.17, 15) is 4.79 Å². The zero-order valence-electron chi connectivity index (χ0n) is 7.45. The van der Waals surface area contributed by atoms with Gasteiger partial charge in [-0.3, -0.25) is 0 Å². The Bertz CT molecular complexity index is 356. The number of carboxylic acid groups (broad SMARTS) is 1. The smallest absolute Gasteiger partial charge is 0.354 e. The van der Waals surface area contributed by atoms with Crippen LogP contribution in [0, 0.1) is 6.92 Å². The maximum Gasteiger partial charge on any atom is 0.354 e. The normalized spacial score (nSPS) is 15.8. The van der Waals surface area contributed by atoms with Crippen molar-refractivity contribution in [1.82, 2.24) is 4.98 Å². The van der Waals surface area contributed by atoms with Gasteiger partial charge >= 0.3 is 5.97 Å². The molecule has 0 saturated heterocycles. The van der Waals surface area contributed by atoms with Crippen LogP contribution in [0.4, 0.5) is 0 Å². The van der Waals surface area contributed by atoms with E-state index in [4.69, 9.17) is 5.11 Å². The van der Waals surface area contributed by atoms with Crippen molar-refractivity contribution >= 4 is 5.97 Å². The number of hydrogen-bond donors (Lipinski definition) is 1. The first-order valence-corrected chi connectivity index (χ1v) is 4.38. The molecule has 13 heavy (non-hydrogen) atoms. The molecule has 2 rings (SSSR count). The summed E-state index contributed by atoms with van der Waals surface area (Å²) in [6.45, 7) is 1.95. The zero-order valence-corrected chi connectivity index (χ0v) is 7.45. The summed E-state index contributed by atoms with van der Waals surface area (Å²) in [5, 5.41) is 8.69. The van der Waals surface area contributed by atoms with Crippen LogP contribution in [-0.4, -0.2) is 16.1 Å². The van der Waals surface area contributed by atoms with Crippen molar-refractivity contribution in [3.05, 3.63) is 29.1 Å². The Kier molecular flexibility index (Phi) is 1.79. The molecule has 0 amide bonds. The van der Waals surface area contributed by atoms with E-state index in [0.29, 0.717) is 5.92 Å². The molecular weight excluding hydrogens is 166 g/mol. The number of hydrogen-bond acceptors (Lipinski definition) is 2. The molecular formula is C10H11NO2. The van der Waals surface area contributed by atoms with Crippen molar-refractivity contribution in [3.63, 3.8) is 0 Å². The van der Waals surface area contributed by atoms with Crippen molar-refractivity contribution in [2.45, 2.75) is 25.7 Å². The first-order chi connectivity index (χ1) is 6.18. The fourth-order valence-electron chi connectivity index (χ4n) is 1.51. The number of aromatic carboxylic acids is 1. The molecule has 0 spiro atoms. The summed E-state index contributed by atoms with van der Waals surface area (Å²) in [4.78, 5) is 14.5. The maximum atomic E-state index is 10.6. The minimum atomic E-state index is -0.953. The number of nitrogens with zero attached hydrogens (tertiary/aromatic N) is 1. The van der Waals surface area contributed by atoms with Gasteiger partial charge in [0.15, 0.2) is 0 Å². The van der Waals surface area contributed by atoms with Crippen LogP contribution in [0.2, 0.25) is 0 Å². The van der Waals surface area contributed by atoms with Gasteiger partial charge in [0.25, 0.3) is 0 Å². The minimum absolute atomic E-state index is 0.141. The maximum absolute atomic E-state index is 10.6. The Morgan fingerprint density at radius 2 is 2.31 bits per heavy atom. The van der Waals surface area contributed by atoms with E-state index >= 15 is 0 Å². The van der Waals surface area contributed by atoms with Gasteiger partial charge in [-0.1, -0.05) is 0 Å². The van der Waals surface area contributed by atoms with Crippen LogP contribution >= 0.6 is 0 Å². The van der Waals surface area contributed by atoms with Gasteiger partial charge in [0, 0.05) is 6.20 Å². The van der Waals surface area contributed by atoms with E-state index in [1.54, 1.807) is 12.3 Å². The van der Waals surface area contributed by atoms with Crippen LogP contribution in [0.1, 0.15) is 40.4 Å². The first-order valence-electron chi connectivity index (χ1n) is 4.38. The minimum Gasteiger partial charge on any atom is -0.477 e. The van der Waals surface area contributed by atoms with Crippen LogP contribution in [0.15, 0.2) is 12.3 Å². The molecule has 0 aromatic carbocycles. The van der Waals surface area contributed by atoms with Crippen LogP contribution in [0.5, 0.6) is 0 Å². The summed E-state index contributed by atoms with van der Waals surface area (Å²) in [5.74, 6) is -0.319. The van der Waals surface area contributed by atoms with Gasteiger partial charge in [-0.15, -0.1) is 0 Å². The number of rotatable bonds is 2. The molecule has 1 aromatic heterocycles. The summed E-state index contributed by atoms with van der Waals surface area (Å²) in [5.41, 5.74) is 2.40. The monoisotopic (exact) mass is 177 g/mol. The number of aryl methyl sites for hydroxylation is 1. The summed E-state index contributed by atoms with van der Waals surface area (Å²) in [6, 6.07) is 1.65.